The summed E-state index contributed by atoms with van der Waals surface area (Å²) in [7, 11) is 0. The zero-order chi connectivity index (χ0) is 13.2. The molecule has 4 nitrogen and oxygen atoms in total. The largest absolute Gasteiger partial charge is 0.481 e. The van der Waals surface area contributed by atoms with Crippen LogP contribution in [0.1, 0.15) is 36.6 Å². The van der Waals surface area contributed by atoms with E-state index in [0.29, 0.717) is 6.04 Å². The average molecular weight is 281 g/mol. The van der Waals surface area contributed by atoms with Crippen LogP contribution < -0.4 is 0 Å². The maximum atomic E-state index is 11.0. The van der Waals surface area contributed by atoms with Crippen molar-refractivity contribution in [2.75, 3.05) is 18.1 Å². The Balaban J connectivity index is 1.82. The van der Waals surface area contributed by atoms with Crippen LogP contribution in [-0.4, -0.2) is 40.1 Å². The standard InChI is InChI=1S/C14H19NO3S/c16-14(17)8-10-9-19-7-5-15(10)12-2-1-3-13-11(12)4-6-18-13/h4,6,10,12H,1-3,5,7-9H2,(H,16,17). The van der Waals surface area contributed by atoms with Gasteiger partial charge in [-0.05, 0) is 18.9 Å². The molecule has 3 rings (SSSR count). The number of hydrogen-bond donors (Lipinski definition) is 1. The summed E-state index contributed by atoms with van der Waals surface area (Å²) < 4.78 is 5.55. The molecule has 1 aliphatic heterocycles. The Labute approximate surface area is 117 Å². The van der Waals surface area contributed by atoms with Crippen molar-refractivity contribution in [1.82, 2.24) is 4.90 Å². The van der Waals surface area contributed by atoms with Gasteiger partial charge in [0.15, 0.2) is 0 Å². The molecule has 1 saturated heterocycles. The maximum Gasteiger partial charge on any atom is 0.304 e. The van der Waals surface area contributed by atoms with Crippen LogP contribution in [0.3, 0.4) is 0 Å². The van der Waals surface area contributed by atoms with Crippen LogP contribution >= 0.6 is 11.8 Å². The van der Waals surface area contributed by atoms with Crippen LogP contribution in [0, 0.1) is 0 Å². The van der Waals surface area contributed by atoms with Crippen molar-refractivity contribution < 1.29 is 14.3 Å². The first-order valence-corrected chi connectivity index (χ1v) is 8.02. The lowest BCUT2D eigenvalue weighted by Gasteiger charge is -2.41. The number of carboxylic acid groups (broad SMARTS) is 1. The van der Waals surface area contributed by atoms with Crippen LogP contribution in [0.4, 0.5) is 0 Å². The maximum absolute atomic E-state index is 11.0. The molecule has 1 N–H and O–H groups in total. The molecule has 0 amide bonds. The third kappa shape index (κ3) is 2.67. The SMILES string of the molecule is O=C(O)CC1CSCCN1C1CCCc2occc21. The molecular formula is C14H19NO3S. The number of thioether (sulfide) groups is 1. The van der Waals surface area contributed by atoms with Crippen molar-refractivity contribution in [1.29, 1.82) is 0 Å². The summed E-state index contributed by atoms with van der Waals surface area (Å²) in [5.74, 6) is 2.43. The Hall–Kier alpha value is -0.940. The van der Waals surface area contributed by atoms with Crippen molar-refractivity contribution in [3.63, 3.8) is 0 Å². The zero-order valence-electron chi connectivity index (χ0n) is 10.9. The highest BCUT2D eigenvalue weighted by Gasteiger charge is 2.34. The van der Waals surface area contributed by atoms with Crippen molar-refractivity contribution in [2.24, 2.45) is 0 Å². The van der Waals surface area contributed by atoms with E-state index < -0.39 is 5.97 Å². The molecular weight excluding hydrogens is 262 g/mol. The van der Waals surface area contributed by atoms with Gasteiger partial charge in [-0.2, -0.15) is 11.8 Å². The average Bonchev–Trinajstić information content (AvgIpc) is 2.87. The van der Waals surface area contributed by atoms with E-state index in [1.807, 2.05) is 11.8 Å². The first-order valence-electron chi connectivity index (χ1n) is 6.87. The van der Waals surface area contributed by atoms with E-state index in [2.05, 4.69) is 11.0 Å². The first kappa shape index (κ1) is 13.1. The highest BCUT2D eigenvalue weighted by molar-refractivity contribution is 7.99. The number of furan rings is 1. The summed E-state index contributed by atoms with van der Waals surface area (Å²) in [6, 6.07) is 2.58. The van der Waals surface area contributed by atoms with E-state index in [-0.39, 0.29) is 12.5 Å². The molecule has 0 radical (unpaired) electrons. The van der Waals surface area contributed by atoms with E-state index in [4.69, 9.17) is 9.52 Å². The predicted octanol–water partition coefficient (Wildman–Crippen LogP) is 2.55. The quantitative estimate of drug-likeness (QED) is 0.922. The smallest absolute Gasteiger partial charge is 0.304 e. The molecule has 19 heavy (non-hydrogen) atoms. The van der Waals surface area contributed by atoms with E-state index in [1.165, 1.54) is 5.56 Å². The van der Waals surface area contributed by atoms with Gasteiger partial charge in [-0.25, -0.2) is 0 Å². The number of carboxylic acids is 1. The monoisotopic (exact) mass is 281 g/mol. The molecule has 104 valence electrons. The zero-order valence-corrected chi connectivity index (χ0v) is 11.7. The fourth-order valence-electron chi connectivity index (χ4n) is 3.26. The Morgan fingerprint density at radius 3 is 3.32 bits per heavy atom. The first-order chi connectivity index (χ1) is 9.25. The number of aliphatic carboxylic acids is 1. The number of hydrogen-bond acceptors (Lipinski definition) is 4. The fourth-order valence-corrected chi connectivity index (χ4v) is 4.35. The van der Waals surface area contributed by atoms with Crippen LogP contribution in [0.2, 0.25) is 0 Å². The Kier molecular flexibility index (Phi) is 3.84. The predicted molar refractivity (Wildman–Crippen MR) is 74.5 cm³/mol. The highest BCUT2D eigenvalue weighted by Crippen LogP contribution is 2.38. The van der Waals surface area contributed by atoms with Gasteiger partial charge in [0.05, 0.1) is 12.7 Å². The van der Waals surface area contributed by atoms with Crippen LogP contribution in [0.5, 0.6) is 0 Å². The molecule has 0 spiro atoms. The lowest BCUT2D eigenvalue weighted by molar-refractivity contribution is -0.138. The van der Waals surface area contributed by atoms with Gasteiger partial charge >= 0.3 is 5.97 Å². The third-order valence-corrected chi connectivity index (χ3v) is 5.20. The number of nitrogens with zero attached hydrogens (tertiary/aromatic N) is 1. The summed E-state index contributed by atoms with van der Waals surface area (Å²) in [6.45, 7) is 0.984. The molecule has 1 aliphatic carbocycles. The molecule has 2 atom stereocenters. The molecule has 5 heteroatoms. The molecule has 0 aromatic carbocycles. The van der Waals surface area contributed by atoms with E-state index in [9.17, 15) is 4.79 Å². The summed E-state index contributed by atoms with van der Waals surface area (Å²) in [5.41, 5.74) is 1.29. The number of fused-ring (bicyclic) bond motifs is 1. The van der Waals surface area contributed by atoms with Gasteiger partial charge in [-0.3, -0.25) is 9.69 Å². The van der Waals surface area contributed by atoms with Gasteiger partial charge in [0.25, 0.3) is 0 Å². The third-order valence-electron chi connectivity index (χ3n) is 4.10. The van der Waals surface area contributed by atoms with Crippen molar-refractivity contribution in [2.45, 2.75) is 37.8 Å². The molecule has 1 aromatic rings. The summed E-state index contributed by atoms with van der Waals surface area (Å²) in [6.07, 6.45) is 5.29. The number of aryl methyl sites for hydroxylation is 1. The van der Waals surface area contributed by atoms with Crippen molar-refractivity contribution >= 4 is 17.7 Å². The van der Waals surface area contributed by atoms with Crippen LogP contribution in [0.15, 0.2) is 16.7 Å². The van der Waals surface area contributed by atoms with Crippen LogP contribution in [0.25, 0.3) is 0 Å². The van der Waals surface area contributed by atoms with Crippen molar-refractivity contribution in [3.8, 4) is 0 Å². The highest BCUT2D eigenvalue weighted by atomic mass is 32.2. The van der Waals surface area contributed by atoms with Gasteiger partial charge in [0.1, 0.15) is 5.76 Å². The van der Waals surface area contributed by atoms with Crippen LogP contribution in [-0.2, 0) is 11.2 Å². The van der Waals surface area contributed by atoms with Gasteiger partial charge in [0.2, 0.25) is 0 Å². The van der Waals surface area contributed by atoms with Gasteiger partial charge in [-0.15, -0.1) is 0 Å². The minimum absolute atomic E-state index is 0.155. The minimum atomic E-state index is -0.694. The van der Waals surface area contributed by atoms with Gasteiger partial charge < -0.3 is 9.52 Å². The van der Waals surface area contributed by atoms with Gasteiger partial charge in [-0.1, -0.05) is 0 Å². The number of carbonyl (C=O) groups is 1. The van der Waals surface area contributed by atoms with E-state index >= 15 is 0 Å². The molecule has 2 unspecified atom stereocenters. The molecule has 0 saturated carbocycles. The normalized spacial score (nSPS) is 28.0. The number of rotatable bonds is 3. The molecule has 1 aromatic heterocycles. The molecule has 2 heterocycles. The lowest BCUT2D eigenvalue weighted by atomic mass is 9.91. The second-order valence-electron chi connectivity index (χ2n) is 5.27. The summed E-state index contributed by atoms with van der Waals surface area (Å²) in [5, 5.41) is 9.08. The topological polar surface area (TPSA) is 53.7 Å². The summed E-state index contributed by atoms with van der Waals surface area (Å²) in [4.78, 5) is 13.4. The molecule has 1 fully saturated rings. The molecule has 2 aliphatic rings. The Morgan fingerprint density at radius 1 is 1.58 bits per heavy atom. The lowest BCUT2D eigenvalue weighted by Crippen LogP contribution is -2.46. The molecule has 0 bridgehead atoms. The minimum Gasteiger partial charge on any atom is -0.481 e. The van der Waals surface area contributed by atoms with Crippen molar-refractivity contribution in [3.05, 3.63) is 23.7 Å². The second kappa shape index (κ2) is 5.59. The Bertz CT molecular complexity index is 459. The van der Waals surface area contributed by atoms with E-state index in [0.717, 1.165) is 43.1 Å². The fraction of sp³-hybridized carbons (Fsp3) is 0.643. The second-order valence-corrected chi connectivity index (χ2v) is 6.42. The van der Waals surface area contributed by atoms with E-state index in [1.54, 1.807) is 6.26 Å². The van der Waals surface area contributed by atoms with Gasteiger partial charge in [0, 0.05) is 42.1 Å². The summed E-state index contributed by atoms with van der Waals surface area (Å²) >= 11 is 1.87. The Morgan fingerprint density at radius 2 is 2.47 bits per heavy atom.